The number of nitrogens with zero attached hydrogens (tertiary/aromatic N) is 1. The molecule has 2 aromatic carbocycles. The topological polar surface area (TPSA) is 66.5 Å². The Hall–Kier alpha value is -2.41. The molecule has 0 heterocycles. The number of para-hydroxylation sites is 1. The molecule has 0 bridgehead atoms. The van der Waals surface area contributed by atoms with Gasteiger partial charge in [0.05, 0.1) is 10.6 Å². The Morgan fingerprint density at radius 3 is 2.30 bits per heavy atom. The smallest absolute Gasteiger partial charge is 0.264 e. The maximum absolute atomic E-state index is 14.4. The van der Waals surface area contributed by atoms with Crippen LogP contribution in [-0.2, 0) is 14.8 Å². The number of carbonyl (C=O) groups excluding carboxylic acids is 1. The van der Waals surface area contributed by atoms with Crippen LogP contribution in [0.1, 0.15) is 32.1 Å². The van der Waals surface area contributed by atoms with Gasteiger partial charge in [-0.05, 0) is 37.1 Å². The zero-order valence-electron chi connectivity index (χ0n) is 15.0. The molecule has 1 aliphatic carbocycles. The molecule has 5 nitrogen and oxygen atoms in total. The summed E-state index contributed by atoms with van der Waals surface area (Å²) in [5.74, 6) is -1.12. The number of sulfonamides is 1. The van der Waals surface area contributed by atoms with Gasteiger partial charge in [-0.2, -0.15) is 0 Å². The highest BCUT2D eigenvalue weighted by molar-refractivity contribution is 7.92. The average molecular weight is 390 g/mol. The van der Waals surface area contributed by atoms with Crippen LogP contribution in [0.3, 0.4) is 0 Å². The maximum Gasteiger partial charge on any atom is 0.264 e. The van der Waals surface area contributed by atoms with Crippen LogP contribution in [0.5, 0.6) is 0 Å². The third-order valence-electron chi connectivity index (χ3n) is 4.71. The second-order valence-corrected chi connectivity index (χ2v) is 8.54. The molecule has 2 aromatic rings. The van der Waals surface area contributed by atoms with E-state index in [4.69, 9.17) is 0 Å². The Morgan fingerprint density at radius 1 is 1.00 bits per heavy atom. The number of amides is 1. The van der Waals surface area contributed by atoms with Crippen LogP contribution >= 0.6 is 0 Å². The second-order valence-electron chi connectivity index (χ2n) is 6.68. The van der Waals surface area contributed by atoms with E-state index < -0.39 is 28.3 Å². The molecular weight excluding hydrogens is 367 g/mol. The van der Waals surface area contributed by atoms with Crippen molar-refractivity contribution < 1.29 is 17.6 Å². The minimum absolute atomic E-state index is 0.0127. The van der Waals surface area contributed by atoms with Crippen molar-refractivity contribution in [1.82, 2.24) is 5.32 Å². The van der Waals surface area contributed by atoms with Crippen LogP contribution < -0.4 is 9.62 Å². The van der Waals surface area contributed by atoms with E-state index in [1.54, 1.807) is 24.3 Å². The van der Waals surface area contributed by atoms with Gasteiger partial charge in [0.2, 0.25) is 5.91 Å². The van der Waals surface area contributed by atoms with E-state index >= 15 is 0 Å². The SMILES string of the molecule is O=C(CN(c1ccccc1F)S(=O)(=O)c1ccccc1)NC1CCCCC1. The fourth-order valence-corrected chi connectivity index (χ4v) is 4.77. The Balaban J connectivity index is 1.89. The van der Waals surface area contributed by atoms with Gasteiger partial charge >= 0.3 is 0 Å². The summed E-state index contributed by atoms with van der Waals surface area (Å²) in [5, 5.41) is 2.89. The molecule has 1 amide bonds. The van der Waals surface area contributed by atoms with E-state index in [0.717, 1.165) is 36.4 Å². The second kappa shape index (κ2) is 8.52. The molecule has 0 unspecified atom stereocenters. The number of nitrogens with one attached hydrogen (secondary N) is 1. The largest absolute Gasteiger partial charge is 0.352 e. The number of hydrogen-bond acceptors (Lipinski definition) is 3. The van der Waals surface area contributed by atoms with Gasteiger partial charge in [-0.3, -0.25) is 9.10 Å². The monoisotopic (exact) mass is 390 g/mol. The minimum Gasteiger partial charge on any atom is -0.352 e. The predicted molar refractivity (Wildman–Crippen MR) is 102 cm³/mol. The molecule has 0 atom stereocenters. The summed E-state index contributed by atoms with van der Waals surface area (Å²) in [5.41, 5.74) is -0.139. The maximum atomic E-state index is 14.4. The first-order valence-corrected chi connectivity index (χ1v) is 10.5. The Kier molecular flexibility index (Phi) is 6.11. The summed E-state index contributed by atoms with van der Waals surface area (Å²) in [6.45, 7) is -0.464. The molecule has 1 saturated carbocycles. The lowest BCUT2D eigenvalue weighted by Gasteiger charge is -2.27. The molecule has 0 saturated heterocycles. The van der Waals surface area contributed by atoms with Gasteiger partial charge in [-0.15, -0.1) is 0 Å². The first-order chi connectivity index (χ1) is 13.0. The molecule has 0 radical (unpaired) electrons. The molecule has 0 spiro atoms. The molecule has 3 rings (SSSR count). The van der Waals surface area contributed by atoms with Crippen molar-refractivity contribution >= 4 is 21.6 Å². The molecule has 0 aliphatic heterocycles. The zero-order valence-corrected chi connectivity index (χ0v) is 15.8. The van der Waals surface area contributed by atoms with Crippen LogP contribution in [0.4, 0.5) is 10.1 Å². The van der Waals surface area contributed by atoms with E-state index in [0.29, 0.717) is 0 Å². The first-order valence-electron chi connectivity index (χ1n) is 9.10. The molecule has 1 fully saturated rings. The van der Waals surface area contributed by atoms with Crippen LogP contribution in [0, 0.1) is 5.82 Å². The van der Waals surface area contributed by atoms with Crippen molar-refractivity contribution in [2.75, 3.05) is 10.8 Å². The summed E-state index contributed by atoms with van der Waals surface area (Å²) >= 11 is 0. The number of halogens is 1. The quantitative estimate of drug-likeness (QED) is 0.821. The predicted octanol–water partition coefficient (Wildman–Crippen LogP) is 3.47. The number of anilines is 1. The highest BCUT2D eigenvalue weighted by Gasteiger charge is 2.29. The van der Waals surface area contributed by atoms with Gasteiger partial charge in [-0.25, -0.2) is 12.8 Å². The van der Waals surface area contributed by atoms with Gasteiger partial charge in [0, 0.05) is 6.04 Å². The first kappa shape index (κ1) is 19.4. The van der Waals surface area contributed by atoms with Crippen LogP contribution in [0.25, 0.3) is 0 Å². The lowest BCUT2D eigenvalue weighted by atomic mass is 9.95. The number of hydrogen-bond donors (Lipinski definition) is 1. The fraction of sp³-hybridized carbons (Fsp3) is 0.350. The van der Waals surface area contributed by atoms with Crippen LogP contribution in [0.15, 0.2) is 59.5 Å². The standard InChI is InChI=1S/C20H23FN2O3S/c21-18-13-7-8-14-19(18)23(27(25,26)17-11-5-2-6-12-17)15-20(24)22-16-9-3-1-4-10-16/h2,5-8,11-14,16H,1,3-4,9-10,15H2,(H,22,24). The van der Waals surface area contributed by atoms with Crippen molar-refractivity contribution in [3.8, 4) is 0 Å². The van der Waals surface area contributed by atoms with E-state index in [1.165, 1.54) is 30.3 Å². The molecular formula is C20H23FN2O3S. The Morgan fingerprint density at radius 2 is 1.63 bits per heavy atom. The molecule has 7 heteroatoms. The van der Waals surface area contributed by atoms with Crippen molar-refractivity contribution in [3.05, 3.63) is 60.4 Å². The highest BCUT2D eigenvalue weighted by Crippen LogP contribution is 2.26. The zero-order chi connectivity index (χ0) is 19.3. The number of benzene rings is 2. The summed E-state index contributed by atoms with van der Waals surface area (Å²) in [6, 6.07) is 13.4. The summed E-state index contributed by atoms with van der Waals surface area (Å²) in [6.07, 6.45) is 5.01. The summed E-state index contributed by atoms with van der Waals surface area (Å²) in [4.78, 5) is 12.6. The van der Waals surface area contributed by atoms with Crippen molar-refractivity contribution in [1.29, 1.82) is 0 Å². The van der Waals surface area contributed by atoms with Crippen molar-refractivity contribution in [2.45, 2.75) is 43.0 Å². The average Bonchev–Trinajstić information content (AvgIpc) is 2.68. The van der Waals surface area contributed by atoms with Crippen molar-refractivity contribution in [3.63, 3.8) is 0 Å². The third-order valence-corrected chi connectivity index (χ3v) is 6.48. The van der Waals surface area contributed by atoms with E-state index in [1.807, 2.05) is 0 Å². The lowest BCUT2D eigenvalue weighted by Crippen LogP contribution is -2.45. The van der Waals surface area contributed by atoms with E-state index in [-0.39, 0.29) is 16.6 Å². The molecule has 0 aromatic heterocycles. The van der Waals surface area contributed by atoms with Crippen LogP contribution in [-0.4, -0.2) is 26.9 Å². The molecule has 27 heavy (non-hydrogen) atoms. The van der Waals surface area contributed by atoms with Gasteiger partial charge in [0.1, 0.15) is 12.4 Å². The van der Waals surface area contributed by atoms with Gasteiger partial charge in [-0.1, -0.05) is 49.6 Å². The van der Waals surface area contributed by atoms with Gasteiger partial charge < -0.3 is 5.32 Å². The normalized spacial score (nSPS) is 15.3. The lowest BCUT2D eigenvalue weighted by molar-refractivity contribution is -0.120. The van der Waals surface area contributed by atoms with E-state index in [9.17, 15) is 17.6 Å². The van der Waals surface area contributed by atoms with Gasteiger partial charge in [0.15, 0.2) is 0 Å². The molecule has 1 aliphatic rings. The summed E-state index contributed by atoms with van der Waals surface area (Å²) in [7, 11) is -4.08. The Bertz CT molecular complexity index is 881. The van der Waals surface area contributed by atoms with Crippen LogP contribution in [0.2, 0.25) is 0 Å². The van der Waals surface area contributed by atoms with E-state index in [2.05, 4.69) is 5.32 Å². The number of carbonyl (C=O) groups is 1. The minimum atomic E-state index is -4.08. The fourth-order valence-electron chi connectivity index (χ4n) is 3.32. The molecule has 1 N–H and O–H groups in total. The van der Waals surface area contributed by atoms with Gasteiger partial charge in [0.25, 0.3) is 10.0 Å². The number of rotatable bonds is 6. The van der Waals surface area contributed by atoms with Crippen molar-refractivity contribution in [2.24, 2.45) is 0 Å². The summed E-state index contributed by atoms with van der Waals surface area (Å²) < 4.78 is 41.4. The Labute approximate surface area is 159 Å². The molecule has 144 valence electrons. The highest BCUT2D eigenvalue weighted by atomic mass is 32.2. The third kappa shape index (κ3) is 4.66.